The second-order valence-electron chi connectivity index (χ2n) is 8.37. The first-order chi connectivity index (χ1) is 13.5. The third kappa shape index (κ3) is 3.40. The molecule has 0 aromatic heterocycles. The van der Waals surface area contributed by atoms with Crippen LogP contribution in [-0.2, 0) is 21.5 Å². The molecule has 1 atom stereocenters. The van der Waals surface area contributed by atoms with E-state index in [1.54, 1.807) is 0 Å². The van der Waals surface area contributed by atoms with Gasteiger partial charge in [0, 0.05) is 13.1 Å². The molecule has 1 saturated heterocycles. The highest BCUT2D eigenvalue weighted by Crippen LogP contribution is 2.39. The summed E-state index contributed by atoms with van der Waals surface area (Å²) in [6, 6.07) is 7.42. The number of fused-ring (bicyclic) bond motifs is 2. The minimum absolute atomic E-state index is 0.129. The van der Waals surface area contributed by atoms with Crippen molar-refractivity contribution in [2.75, 3.05) is 19.6 Å². The molecule has 6 heteroatoms. The van der Waals surface area contributed by atoms with Crippen molar-refractivity contribution >= 4 is 17.8 Å². The number of hydrogen-bond donors (Lipinski definition) is 1. The molecular formula is C22H29N3O3. The van der Waals surface area contributed by atoms with E-state index in [0.717, 1.165) is 61.1 Å². The van der Waals surface area contributed by atoms with Gasteiger partial charge in [-0.25, -0.2) is 4.79 Å². The molecule has 28 heavy (non-hydrogen) atoms. The normalized spacial score (nSPS) is 24.1. The summed E-state index contributed by atoms with van der Waals surface area (Å²) in [4.78, 5) is 42.0. The molecule has 1 spiro atoms. The van der Waals surface area contributed by atoms with Crippen molar-refractivity contribution in [2.24, 2.45) is 5.92 Å². The van der Waals surface area contributed by atoms with Crippen LogP contribution >= 0.6 is 0 Å². The van der Waals surface area contributed by atoms with Crippen LogP contribution in [-0.4, -0.2) is 47.3 Å². The Hall–Kier alpha value is -2.37. The third-order valence-corrected chi connectivity index (χ3v) is 6.22. The van der Waals surface area contributed by atoms with Gasteiger partial charge in [-0.15, -0.1) is 0 Å². The van der Waals surface area contributed by atoms with E-state index in [1.165, 1.54) is 0 Å². The average Bonchev–Trinajstić information content (AvgIpc) is 3.49. The average molecular weight is 383 g/mol. The Balaban J connectivity index is 1.56. The maximum absolute atomic E-state index is 13.4. The van der Waals surface area contributed by atoms with Gasteiger partial charge in [-0.1, -0.05) is 31.2 Å². The van der Waals surface area contributed by atoms with Gasteiger partial charge in [0.15, 0.2) is 0 Å². The second kappa shape index (κ2) is 7.57. The van der Waals surface area contributed by atoms with Gasteiger partial charge in [-0.3, -0.25) is 14.5 Å². The van der Waals surface area contributed by atoms with Crippen LogP contribution in [0, 0.1) is 5.92 Å². The minimum atomic E-state index is -1.02. The standard InChI is InChI=1S/C22H29N3O3/c1-2-13-24(14-16-10-11-16)19(26)15-25-20(27)22(23-21(25)28)12-6-5-8-17-7-3-4-9-18(17)22/h3-4,7,9,16H,2,5-6,8,10-15H2,1H3,(H,23,28). The number of amides is 4. The van der Waals surface area contributed by atoms with E-state index in [1.807, 2.05) is 36.1 Å². The lowest BCUT2D eigenvalue weighted by atomic mass is 9.84. The van der Waals surface area contributed by atoms with Crippen LogP contribution in [0.25, 0.3) is 0 Å². The van der Waals surface area contributed by atoms with Crippen LogP contribution in [0.15, 0.2) is 24.3 Å². The zero-order valence-corrected chi connectivity index (χ0v) is 16.6. The summed E-state index contributed by atoms with van der Waals surface area (Å²) >= 11 is 0. The van der Waals surface area contributed by atoms with E-state index in [0.29, 0.717) is 18.9 Å². The zero-order valence-electron chi connectivity index (χ0n) is 16.6. The number of carbonyl (C=O) groups is 3. The quantitative estimate of drug-likeness (QED) is 0.768. The van der Waals surface area contributed by atoms with Gasteiger partial charge in [-0.05, 0) is 62.0 Å². The molecule has 0 radical (unpaired) electrons. The summed E-state index contributed by atoms with van der Waals surface area (Å²) in [6.07, 6.45) is 6.55. The largest absolute Gasteiger partial charge is 0.341 e. The Bertz CT molecular complexity index is 789. The molecule has 1 aliphatic heterocycles. The third-order valence-electron chi connectivity index (χ3n) is 6.22. The summed E-state index contributed by atoms with van der Waals surface area (Å²) in [5, 5.41) is 2.96. The number of carbonyl (C=O) groups excluding carboxylic acids is 3. The van der Waals surface area contributed by atoms with Gasteiger partial charge in [0.25, 0.3) is 5.91 Å². The topological polar surface area (TPSA) is 69.7 Å². The van der Waals surface area contributed by atoms with Crippen molar-refractivity contribution in [1.29, 1.82) is 0 Å². The number of benzene rings is 1. The molecule has 1 N–H and O–H groups in total. The molecule has 150 valence electrons. The molecule has 4 rings (SSSR count). The molecule has 1 saturated carbocycles. The molecule has 2 aliphatic carbocycles. The number of hydrogen-bond acceptors (Lipinski definition) is 3. The number of rotatable bonds is 6. The van der Waals surface area contributed by atoms with Crippen molar-refractivity contribution in [2.45, 2.75) is 57.4 Å². The van der Waals surface area contributed by atoms with Crippen molar-refractivity contribution in [3.8, 4) is 0 Å². The second-order valence-corrected chi connectivity index (χ2v) is 8.37. The molecule has 1 unspecified atom stereocenters. The Labute approximate surface area is 166 Å². The van der Waals surface area contributed by atoms with E-state index >= 15 is 0 Å². The van der Waals surface area contributed by atoms with Crippen LogP contribution in [0.4, 0.5) is 4.79 Å². The minimum Gasteiger partial charge on any atom is -0.341 e. The van der Waals surface area contributed by atoms with E-state index in [2.05, 4.69) is 5.32 Å². The van der Waals surface area contributed by atoms with E-state index in [4.69, 9.17) is 0 Å². The number of urea groups is 1. The first-order valence-electron chi connectivity index (χ1n) is 10.6. The lowest BCUT2D eigenvalue weighted by Gasteiger charge is -2.28. The fraction of sp³-hybridized carbons (Fsp3) is 0.591. The fourth-order valence-electron chi connectivity index (χ4n) is 4.55. The van der Waals surface area contributed by atoms with Crippen LogP contribution < -0.4 is 5.32 Å². The molecule has 4 amide bonds. The summed E-state index contributed by atoms with van der Waals surface area (Å²) < 4.78 is 0. The molecule has 3 aliphatic rings. The lowest BCUT2D eigenvalue weighted by molar-refractivity contribution is -0.139. The molecule has 1 heterocycles. The maximum atomic E-state index is 13.4. The van der Waals surface area contributed by atoms with Gasteiger partial charge >= 0.3 is 6.03 Å². The highest BCUT2D eigenvalue weighted by molar-refractivity contribution is 6.09. The first-order valence-corrected chi connectivity index (χ1v) is 10.6. The maximum Gasteiger partial charge on any atom is 0.325 e. The van der Waals surface area contributed by atoms with Gasteiger partial charge in [-0.2, -0.15) is 0 Å². The van der Waals surface area contributed by atoms with Crippen LogP contribution in [0.5, 0.6) is 0 Å². The van der Waals surface area contributed by atoms with Crippen molar-refractivity contribution in [3.05, 3.63) is 35.4 Å². The van der Waals surface area contributed by atoms with Gasteiger partial charge in [0.2, 0.25) is 5.91 Å². The number of aryl methyl sites for hydroxylation is 1. The molecule has 2 fully saturated rings. The monoisotopic (exact) mass is 383 g/mol. The Morgan fingerprint density at radius 1 is 1.25 bits per heavy atom. The number of imide groups is 1. The number of nitrogens with zero attached hydrogens (tertiary/aromatic N) is 2. The van der Waals surface area contributed by atoms with Crippen molar-refractivity contribution in [3.63, 3.8) is 0 Å². The van der Waals surface area contributed by atoms with Gasteiger partial charge in [0.1, 0.15) is 12.1 Å². The molecule has 6 nitrogen and oxygen atoms in total. The van der Waals surface area contributed by atoms with Gasteiger partial charge in [0.05, 0.1) is 0 Å². The SMILES string of the molecule is CCCN(CC1CC1)C(=O)CN1C(=O)NC2(CCCCc3ccccc32)C1=O. The van der Waals surface area contributed by atoms with Crippen LogP contribution in [0.2, 0.25) is 0 Å². The van der Waals surface area contributed by atoms with Crippen molar-refractivity contribution in [1.82, 2.24) is 15.1 Å². The van der Waals surface area contributed by atoms with E-state index in [9.17, 15) is 14.4 Å². The summed E-state index contributed by atoms with van der Waals surface area (Å²) in [7, 11) is 0. The summed E-state index contributed by atoms with van der Waals surface area (Å²) in [5.41, 5.74) is 0.989. The Morgan fingerprint density at radius 3 is 2.79 bits per heavy atom. The summed E-state index contributed by atoms with van der Waals surface area (Å²) in [6.45, 7) is 3.29. The van der Waals surface area contributed by atoms with Crippen LogP contribution in [0.1, 0.15) is 56.6 Å². The molecular weight excluding hydrogens is 354 g/mol. The van der Waals surface area contributed by atoms with Crippen LogP contribution in [0.3, 0.4) is 0 Å². The predicted octanol–water partition coefficient (Wildman–Crippen LogP) is 2.81. The van der Waals surface area contributed by atoms with Crippen molar-refractivity contribution < 1.29 is 14.4 Å². The highest BCUT2D eigenvalue weighted by Gasteiger charge is 2.53. The molecule has 1 aromatic carbocycles. The lowest BCUT2D eigenvalue weighted by Crippen LogP contribution is -2.46. The Morgan fingerprint density at radius 2 is 2.04 bits per heavy atom. The predicted molar refractivity (Wildman–Crippen MR) is 106 cm³/mol. The molecule has 0 bridgehead atoms. The smallest absolute Gasteiger partial charge is 0.325 e. The van der Waals surface area contributed by atoms with E-state index in [-0.39, 0.29) is 18.4 Å². The zero-order chi connectivity index (χ0) is 19.7. The molecule has 1 aromatic rings. The Kier molecular flexibility index (Phi) is 5.13. The van der Waals surface area contributed by atoms with E-state index < -0.39 is 11.6 Å². The highest BCUT2D eigenvalue weighted by atomic mass is 16.2. The first kappa shape index (κ1) is 19.0. The van der Waals surface area contributed by atoms with Gasteiger partial charge < -0.3 is 10.2 Å². The summed E-state index contributed by atoms with van der Waals surface area (Å²) in [5.74, 6) is 0.179. The fourth-order valence-corrected chi connectivity index (χ4v) is 4.55. The number of nitrogens with one attached hydrogen (secondary N) is 1.